The van der Waals surface area contributed by atoms with Crippen molar-refractivity contribution in [3.8, 4) is 10.6 Å². The molecule has 1 amide bonds. The van der Waals surface area contributed by atoms with Crippen LogP contribution in [0.1, 0.15) is 16.8 Å². The van der Waals surface area contributed by atoms with E-state index in [0.717, 1.165) is 46.5 Å². The number of hydrogen-bond donors (Lipinski definition) is 1. The number of halogens is 2. The molecule has 0 saturated carbocycles. The smallest absolute Gasteiger partial charge is 0.254 e. The molecule has 1 fully saturated rings. The van der Waals surface area contributed by atoms with E-state index in [9.17, 15) is 4.79 Å². The van der Waals surface area contributed by atoms with Crippen molar-refractivity contribution >= 4 is 53.0 Å². The average molecular weight is 410 g/mol. The maximum absolute atomic E-state index is 13.1. The van der Waals surface area contributed by atoms with Crippen LogP contribution in [0.2, 0.25) is 0 Å². The number of carbonyl (C=O) groups is 1. The molecule has 2 aromatic heterocycles. The summed E-state index contributed by atoms with van der Waals surface area (Å²) in [6, 6.07) is 14.1. The summed E-state index contributed by atoms with van der Waals surface area (Å²) in [4.78, 5) is 20.8. The fraction of sp³-hybridized carbons (Fsp3) is 0.263. The number of amides is 1. The van der Waals surface area contributed by atoms with Gasteiger partial charge in [0.25, 0.3) is 5.91 Å². The first-order valence-electron chi connectivity index (χ1n) is 8.15. The number of fused-ring (bicyclic) bond motifs is 1. The molecule has 0 bridgehead atoms. The molecule has 3 heterocycles. The second-order valence-electron chi connectivity index (χ2n) is 6.11. The number of nitrogens with one attached hydrogen (secondary N) is 1. The molecule has 1 N–H and O–H groups in total. The lowest BCUT2D eigenvalue weighted by Crippen LogP contribution is -2.38. The number of benzene rings is 1. The van der Waals surface area contributed by atoms with E-state index in [4.69, 9.17) is 4.98 Å². The summed E-state index contributed by atoms with van der Waals surface area (Å²) in [5.41, 5.74) is 2.47. The van der Waals surface area contributed by atoms with Crippen LogP contribution in [-0.4, -0.2) is 42.0 Å². The Balaban J connectivity index is 0.00000121. The molecule has 0 spiro atoms. The van der Waals surface area contributed by atoms with Crippen LogP contribution in [0.4, 0.5) is 0 Å². The molecule has 0 radical (unpaired) electrons. The molecule has 1 unspecified atom stereocenters. The quantitative estimate of drug-likeness (QED) is 0.703. The number of para-hydroxylation sites is 1. The van der Waals surface area contributed by atoms with E-state index in [2.05, 4.69) is 5.32 Å². The normalized spacial score (nSPS) is 16.0. The summed E-state index contributed by atoms with van der Waals surface area (Å²) in [6.07, 6.45) is 1.00. The van der Waals surface area contributed by atoms with Crippen molar-refractivity contribution in [2.24, 2.45) is 0 Å². The minimum atomic E-state index is 0. The molecule has 138 valence electrons. The van der Waals surface area contributed by atoms with Gasteiger partial charge >= 0.3 is 0 Å². The van der Waals surface area contributed by atoms with Crippen LogP contribution in [0.5, 0.6) is 0 Å². The number of likely N-dealkylation sites (N-methyl/N-ethyl adjacent to an activating group) is 1. The molecule has 0 aliphatic carbocycles. The van der Waals surface area contributed by atoms with E-state index in [1.165, 1.54) is 0 Å². The van der Waals surface area contributed by atoms with Gasteiger partial charge in [-0.2, -0.15) is 0 Å². The molecule has 26 heavy (non-hydrogen) atoms. The van der Waals surface area contributed by atoms with Crippen molar-refractivity contribution in [2.75, 3.05) is 20.1 Å². The molecule has 1 saturated heterocycles. The molecule has 4 rings (SSSR count). The maximum Gasteiger partial charge on any atom is 0.254 e. The highest BCUT2D eigenvalue weighted by Gasteiger charge is 2.25. The maximum atomic E-state index is 13.1. The first kappa shape index (κ1) is 20.6. The molecule has 1 aromatic carbocycles. The summed E-state index contributed by atoms with van der Waals surface area (Å²) in [7, 11) is 1.90. The monoisotopic (exact) mass is 409 g/mol. The van der Waals surface area contributed by atoms with E-state index in [0.29, 0.717) is 0 Å². The Bertz CT molecular complexity index is 880. The van der Waals surface area contributed by atoms with Gasteiger partial charge in [0.15, 0.2) is 0 Å². The zero-order valence-corrected chi connectivity index (χ0v) is 16.8. The van der Waals surface area contributed by atoms with E-state index in [1.807, 2.05) is 59.8 Å². The van der Waals surface area contributed by atoms with Crippen molar-refractivity contribution in [2.45, 2.75) is 12.5 Å². The number of hydrogen-bond acceptors (Lipinski definition) is 4. The van der Waals surface area contributed by atoms with Gasteiger partial charge in [0.1, 0.15) is 0 Å². The molecular weight excluding hydrogens is 389 g/mol. The summed E-state index contributed by atoms with van der Waals surface area (Å²) in [5, 5.41) is 6.27. The number of nitrogens with zero attached hydrogens (tertiary/aromatic N) is 2. The van der Waals surface area contributed by atoms with Crippen molar-refractivity contribution in [1.29, 1.82) is 0 Å². The Morgan fingerprint density at radius 1 is 1.23 bits per heavy atom. The Morgan fingerprint density at radius 3 is 2.73 bits per heavy atom. The second kappa shape index (κ2) is 8.82. The third-order valence-corrected chi connectivity index (χ3v) is 5.51. The number of thiophene rings is 1. The number of pyridine rings is 1. The third-order valence-electron chi connectivity index (χ3n) is 4.62. The van der Waals surface area contributed by atoms with Gasteiger partial charge < -0.3 is 10.2 Å². The first-order valence-corrected chi connectivity index (χ1v) is 9.03. The van der Waals surface area contributed by atoms with Crippen LogP contribution in [0.3, 0.4) is 0 Å². The Kier molecular flexibility index (Phi) is 7.01. The molecule has 1 aliphatic heterocycles. The van der Waals surface area contributed by atoms with Gasteiger partial charge in [-0.1, -0.05) is 24.3 Å². The van der Waals surface area contributed by atoms with Gasteiger partial charge in [0.2, 0.25) is 0 Å². The highest BCUT2D eigenvalue weighted by molar-refractivity contribution is 7.13. The van der Waals surface area contributed by atoms with Crippen LogP contribution in [0.25, 0.3) is 21.5 Å². The Labute approximate surface area is 169 Å². The van der Waals surface area contributed by atoms with E-state index < -0.39 is 0 Å². The lowest BCUT2D eigenvalue weighted by atomic mass is 10.0. The van der Waals surface area contributed by atoms with Gasteiger partial charge in [0, 0.05) is 25.0 Å². The van der Waals surface area contributed by atoms with Crippen molar-refractivity contribution in [3.63, 3.8) is 0 Å². The van der Waals surface area contributed by atoms with Crippen molar-refractivity contribution < 1.29 is 4.79 Å². The summed E-state index contributed by atoms with van der Waals surface area (Å²) in [5.74, 6) is 0.0695. The highest BCUT2D eigenvalue weighted by atomic mass is 35.5. The standard InChI is InChI=1S/C19H19N3OS.2ClH/c1-22(13-8-9-20-12-13)19(23)15-11-17(18-7-4-10-24-18)21-16-6-3-2-5-14(15)16;;/h2-7,10-11,13,20H,8-9,12H2,1H3;2*1H. The fourth-order valence-electron chi connectivity index (χ4n) is 3.23. The minimum absolute atomic E-state index is 0. The molecule has 1 aliphatic rings. The third kappa shape index (κ3) is 3.86. The molecule has 7 heteroatoms. The SMILES string of the molecule is CN(C(=O)c1cc(-c2cccs2)nc2ccccc12)C1CCNC1.Cl.Cl. The lowest BCUT2D eigenvalue weighted by Gasteiger charge is -2.24. The second-order valence-corrected chi connectivity index (χ2v) is 7.06. The van der Waals surface area contributed by atoms with E-state index in [-0.39, 0.29) is 36.8 Å². The fourth-order valence-corrected chi connectivity index (χ4v) is 3.91. The van der Waals surface area contributed by atoms with Crippen molar-refractivity contribution in [1.82, 2.24) is 15.2 Å². The number of rotatable bonds is 3. The zero-order chi connectivity index (χ0) is 16.5. The van der Waals surface area contributed by atoms with Gasteiger partial charge in [0.05, 0.1) is 21.7 Å². The zero-order valence-electron chi connectivity index (χ0n) is 14.3. The molecule has 4 nitrogen and oxygen atoms in total. The van der Waals surface area contributed by atoms with E-state index in [1.54, 1.807) is 11.3 Å². The van der Waals surface area contributed by atoms with Gasteiger partial charge in [-0.05, 0) is 36.5 Å². The first-order chi connectivity index (χ1) is 11.7. The predicted molar refractivity (Wildman–Crippen MR) is 113 cm³/mol. The minimum Gasteiger partial charge on any atom is -0.337 e. The Morgan fingerprint density at radius 2 is 2.04 bits per heavy atom. The number of carbonyl (C=O) groups excluding carboxylic acids is 1. The van der Waals surface area contributed by atoms with Gasteiger partial charge in [-0.15, -0.1) is 36.2 Å². The molecular formula is C19H21Cl2N3OS. The largest absolute Gasteiger partial charge is 0.337 e. The highest BCUT2D eigenvalue weighted by Crippen LogP contribution is 2.28. The molecule has 1 atom stereocenters. The number of aromatic nitrogens is 1. The average Bonchev–Trinajstić information content (AvgIpc) is 3.32. The van der Waals surface area contributed by atoms with Crippen LogP contribution in [-0.2, 0) is 0 Å². The summed E-state index contributed by atoms with van der Waals surface area (Å²) >= 11 is 1.64. The van der Waals surface area contributed by atoms with E-state index >= 15 is 0 Å². The van der Waals surface area contributed by atoms with Gasteiger partial charge in [-0.25, -0.2) is 4.98 Å². The van der Waals surface area contributed by atoms with Crippen molar-refractivity contribution in [3.05, 3.63) is 53.4 Å². The summed E-state index contributed by atoms with van der Waals surface area (Å²) < 4.78 is 0. The topological polar surface area (TPSA) is 45.2 Å². The predicted octanol–water partition coefficient (Wildman–Crippen LogP) is 4.24. The lowest BCUT2D eigenvalue weighted by molar-refractivity contribution is 0.0746. The van der Waals surface area contributed by atoms with Crippen LogP contribution >= 0.6 is 36.2 Å². The van der Waals surface area contributed by atoms with Crippen LogP contribution in [0, 0.1) is 0 Å². The van der Waals surface area contributed by atoms with Gasteiger partial charge in [-0.3, -0.25) is 4.79 Å². The van der Waals surface area contributed by atoms with Crippen LogP contribution < -0.4 is 5.32 Å². The summed E-state index contributed by atoms with van der Waals surface area (Å²) in [6.45, 7) is 1.84. The van der Waals surface area contributed by atoms with Crippen LogP contribution in [0.15, 0.2) is 47.8 Å². The molecule has 3 aromatic rings. The Hall–Kier alpha value is -1.66.